The number of thiazole rings is 1. The summed E-state index contributed by atoms with van der Waals surface area (Å²) in [6.45, 7) is 3.59. The van der Waals surface area contributed by atoms with E-state index >= 15 is 0 Å². The van der Waals surface area contributed by atoms with Gasteiger partial charge in [-0.05, 0) is 18.9 Å². The summed E-state index contributed by atoms with van der Waals surface area (Å²) in [5.74, 6) is 0.525. The third-order valence-corrected chi connectivity index (χ3v) is 3.49. The minimum Gasteiger partial charge on any atom is -0.348 e. The normalized spacial score (nSPS) is 25.4. The first-order valence-electron chi connectivity index (χ1n) is 5.17. The van der Waals surface area contributed by atoms with Crippen LogP contribution >= 0.6 is 11.3 Å². The van der Waals surface area contributed by atoms with Crippen molar-refractivity contribution < 1.29 is 4.79 Å². The molecule has 5 heteroatoms. The molecule has 1 aliphatic heterocycles. The zero-order chi connectivity index (χ0) is 10.7. The maximum atomic E-state index is 11.8. The largest absolute Gasteiger partial charge is 0.348 e. The van der Waals surface area contributed by atoms with E-state index in [1.54, 1.807) is 17.5 Å². The molecule has 2 heterocycles. The van der Waals surface area contributed by atoms with E-state index in [4.69, 9.17) is 0 Å². The average molecular weight is 225 g/mol. The molecule has 0 aliphatic carbocycles. The van der Waals surface area contributed by atoms with Crippen molar-refractivity contribution in [1.29, 1.82) is 0 Å². The van der Waals surface area contributed by atoms with Gasteiger partial charge in [-0.3, -0.25) is 4.79 Å². The molecule has 0 spiro atoms. The Morgan fingerprint density at radius 2 is 2.67 bits per heavy atom. The quantitative estimate of drug-likeness (QED) is 0.798. The van der Waals surface area contributed by atoms with Crippen molar-refractivity contribution in [2.24, 2.45) is 5.92 Å². The van der Waals surface area contributed by atoms with E-state index in [-0.39, 0.29) is 11.9 Å². The van der Waals surface area contributed by atoms with Crippen LogP contribution in [0.2, 0.25) is 0 Å². The van der Waals surface area contributed by atoms with Crippen molar-refractivity contribution in [2.45, 2.75) is 25.9 Å². The second-order valence-electron chi connectivity index (χ2n) is 3.84. The van der Waals surface area contributed by atoms with Crippen LogP contribution in [0.5, 0.6) is 0 Å². The van der Waals surface area contributed by atoms with E-state index in [2.05, 4.69) is 22.5 Å². The molecule has 0 aromatic carbocycles. The van der Waals surface area contributed by atoms with Crippen molar-refractivity contribution in [3.05, 3.63) is 16.6 Å². The first-order chi connectivity index (χ1) is 7.27. The number of hydrogen-bond donors (Lipinski definition) is 2. The lowest BCUT2D eigenvalue weighted by molar-refractivity contribution is -0.123. The third-order valence-electron chi connectivity index (χ3n) is 2.71. The van der Waals surface area contributed by atoms with Gasteiger partial charge in [0.25, 0.3) is 0 Å². The summed E-state index contributed by atoms with van der Waals surface area (Å²) in [7, 11) is 0. The van der Waals surface area contributed by atoms with Gasteiger partial charge in [-0.1, -0.05) is 6.92 Å². The van der Waals surface area contributed by atoms with E-state index < -0.39 is 0 Å². The summed E-state index contributed by atoms with van der Waals surface area (Å²) < 4.78 is 0. The molecular formula is C10H15N3OS. The number of hydrogen-bond acceptors (Lipinski definition) is 4. The lowest BCUT2D eigenvalue weighted by atomic mass is 10.0. The SMILES string of the molecule is CC1CCNC1C(=O)NCc1nccs1. The Morgan fingerprint density at radius 1 is 1.80 bits per heavy atom. The van der Waals surface area contributed by atoms with Crippen LogP contribution in [0.15, 0.2) is 11.6 Å². The fourth-order valence-corrected chi connectivity index (χ4v) is 2.35. The van der Waals surface area contributed by atoms with Crippen LogP contribution in [-0.2, 0) is 11.3 Å². The van der Waals surface area contributed by atoms with Crippen LogP contribution in [0.3, 0.4) is 0 Å². The summed E-state index contributed by atoms with van der Waals surface area (Å²) in [5.41, 5.74) is 0. The Morgan fingerprint density at radius 3 is 3.27 bits per heavy atom. The molecule has 2 N–H and O–H groups in total. The van der Waals surface area contributed by atoms with Gasteiger partial charge in [0.05, 0.1) is 12.6 Å². The molecule has 2 atom stereocenters. The fourth-order valence-electron chi connectivity index (χ4n) is 1.80. The van der Waals surface area contributed by atoms with Gasteiger partial charge in [-0.2, -0.15) is 0 Å². The minimum absolute atomic E-state index is 0.0232. The van der Waals surface area contributed by atoms with E-state index in [1.165, 1.54) is 0 Å². The van der Waals surface area contributed by atoms with E-state index in [1.807, 2.05) is 5.38 Å². The molecule has 4 nitrogen and oxygen atoms in total. The number of amides is 1. The van der Waals surface area contributed by atoms with Gasteiger partial charge in [-0.15, -0.1) is 11.3 Å². The predicted molar refractivity (Wildman–Crippen MR) is 59.5 cm³/mol. The summed E-state index contributed by atoms with van der Waals surface area (Å²) in [5, 5.41) is 8.98. The van der Waals surface area contributed by atoms with Crippen LogP contribution in [-0.4, -0.2) is 23.5 Å². The Balaban J connectivity index is 1.82. The van der Waals surface area contributed by atoms with E-state index in [0.717, 1.165) is 18.0 Å². The van der Waals surface area contributed by atoms with Crippen molar-refractivity contribution in [3.63, 3.8) is 0 Å². The van der Waals surface area contributed by atoms with Gasteiger partial charge < -0.3 is 10.6 Å². The smallest absolute Gasteiger partial charge is 0.237 e. The molecule has 2 rings (SSSR count). The van der Waals surface area contributed by atoms with Gasteiger partial charge >= 0.3 is 0 Å². The van der Waals surface area contributed by atoms with Crippen LogP contribution in [0, 0.1) is 5.92 Å². The summed E-state index contributed by atoms with van der Waals surface area (Å²) >= 11 is 1.56. The molecule has 1 amide bonds. The minimum atomic E-state index is -0.0232. The summed E-state index contributed by atoms with van der Waals surface area (Å²) in [4.78, 5) is 15.9. The van der Waals surface area contributed by atoms with Gasteiger partial charge in [0.15, 0.2) is 0 Å². The van der Waals surface area contributed by atoms with Crippen molar-refractivity contribution in [3.8, 4) is 0 Å². The van der Waals surface area contributed by atoms with Crippen LogP contribution in [0.25, 0.3) is 0 Å². The molecule has 82 valence electrons. The molecule has 2 unspecified atom stereocenters. The van der Waals surface area contributed by atoms with Crippen LogP contribution < -0.4 is 10.6 Å². The zero-order valence-corrected chi connectivity index (χ0v) is 9.51. The van der Waals surface area contributed by atoms with E-state index in [9.17, 15) is 4.79 Å². The van der Waals surface area contributed by atoms with Crippen LogP contribution in [0.4, 0.5) is 0 Å². The Labute approximate surface area is 93.1 Å². The number of rotatable bonds is 3. The zero-order valence-electron chi connectivity index (χ0n) is 8.69. The van der Waals surface area contributed by atoms with Crippen molar-refractivity contribution in [2.75, 3.05) is 6.54 Å². The standard InChI is InChI=1S/C10H15N3OS/c1-7-2-3-12-9(7)10(14)13-6-8-11-4-5-15-8/h4-5,7,9,12H,2-3,6H2,1H3,(H,13,14). The van der Waals surface area contributed by atoms with Crippen molar-refractivity contribution >= 4 is 17.2 Å². The number of carbonyl (C=O) groups excluding carboxylic acids is 1. The molecule has 0 saturated carbocycles. The molecule has 1 fully saturated rings. The molecule has 1 saturated heterocycles. The van der Waals surface area contributed by atoms with Crippen molar-refractivity contribution in [1.82, 2.24) is 15.6 Å². The highest BCUT2D eigenvalue weighted by atomic mass is 32.1. The molecule has 15 heavy (non-hydrogen) atoms. The number of carbonyl (C=O) groups is 1. The highest BCUT2D eigenvalue weighted by molar-refractivity contribution is 7.09. The molecule has 1 aromatic rings. The third kappa shape index (κ3) is 2.54. The maximum Gasteiger partial charge on any atom is 0.237 e. The first-order valence-corrected chi connectivity index (χ1v) is 6.05. The van der Waals surface area contributed by atoms with Crippen LogP contribution in [0.1, 0.15) is 18.4 Å². The maximum absolute atomic E-state index is 11.8. The number of nitrogens with zero attached hydrogens (tertiary/aromatic N) is 1. The molecule has 0 bridgehead atoms. The lowest BCUT2D eigenvalue weighted by Crippen LogP contribution is -2.42. The number of aromatic nitrogens is 1. The van der Waals surface area contributed by atoms with Gasteiger partial charge in [-0.25, -0.2) is 4.98 Å². The summed E-state index contributed by atoms with van der Waals surface area (Å²) in [6, 6.07) is -0.0232. The topological polar surface area (TPSA) is 54.0 Å². The Kier molecular flexibility index (Phi) is 3.33. The second kappa shape index (κ2) is 4.72. The van der Waals surface area contributed by atoms with Gasteiger partial charge in [0.1, 0.15) is 5.01 Å². The highest BCUT2D eigenvalue weighted by Gasteiger charge is 2.28. The second-order valence-corrected chi connectivity index (χ2v) is 4.82. The molecule has 1 aromatic heterocycles. The average Bonchev–Trinajstić information content (AvgIpc) is 2.84. The number of nitrogens with one attached hydrogen (secondary N) is 2. The molecule has 1 aliphatic rings. The predicted octanol–water partition coefficient (Wildman–Crippen LogP) is 0.757. The van der Waals surface area contributed by atoms with Gasteiger partial charge in [0.2, 0.25) is 5.91 Å². The summed E-state index contributed by atoms with van der Waals surface area (Å²) in [6.07, 6.45) is 2.83. The van der Waals surface area contributed by atoms with Gasteiger partial charge in [0, 0.05) is 11.6 Å². The molecular weight excluding hydrogens is 210 g/mol. The molecule has 0 radical (unpaired) electrons. The Hall–Kier alpha value is -0.940. The van der Waals surface area contributed by atoms with E-state index in [0.29, 0.717) is 12.5 Å². The monoisotopic (exact) mass is 225 g/mol. The fraction of sp³-hybridized carbons (Fsp3) is 0.600. The first kappa shape index (κ1) is 10.6. The lowest BCUT2D eigenvalue weighted by Gasteiger charge is -2.14. The Bertz CT molecular complexity index is 325. The highest BCUT2D eigenvalue weighted by Crippen LogP contribution is 2.14.